The largest absolute Gasteiger partial charge is 0.500 e. The van der Waals surface area contributed by atoms with Crippen LogP contribution in [0.5, 0.6) is 0 Å². The second-order valence-corrected chi connectivity index (χ2v) is 2.30. The molecule has 0 aliphatic heterocycles. The molecule has 6 heteroatoms. The van der Waals surface area contributed by atoms with E-state index in [1.54, 1.807) is 6.92 Å². The highest BCUT2D eigenvalue weighted by Gasteiger charge is 2.18. The first kappa shape index (κ1) is 12.2. The molecule has 0 spiro atoms. The number of rotatable bonds is 4. The summed E-state index contributed by atoms with van der Waals surface area (Å²) in [4.78, 5) is 32.0. The molecule has 0 rings (SSSR count). The van der Waals surface area contributed by atoms with Crippen molar-refractivity contribution in [3.8, 4) is 0 Å². The average molecular weight is 201 g/mol. The molecule has 0 atom stereocenters. The summed E-state index contributed by atoms with van der Waals surface area (Å²) >= 11 is 0. The number of aliphatic carboxylic acids is 1. The van der Waals surface area contributed by atoms with Gasteiger partial charge in [-0.1, -0.05) is 0 Å². The maximum Gasteiger partial charge on any atom is 0.344 e. The second kappa shape index (κ2) is 5.74. The number of carbonyl (C=O) groups is 3. The number of carboxylic acids is 1. The molecule has 2 N–H and O–H groups in total. The quantitative estimate of drug-likeness (QED) is 0.281. The zero-order valence-corrected chi connectivity index (χ0v) is 7.86. The molecule has 6 nitrogen and oxygen atoms in total. The number of nitrogens with one attached hydrogen (secondary N) is 1. The van der Waals surface area contributed by atoms with Crippen molar-refractivity contribution in [2.45, 2.75) is 13.8 Å². The van der Waals surface area contributed by atoms with Gasteiger partial charge in [0, 0.05) is 6.92 Å². The van der Waals surface area contributed by atoms with Gasteiger partial charge in [-0.2, -0.15) is 0 Å². The molecule has 0 aliphatic rings. The van der Waals surface area contributed by atoms with Gasteiger partial charge in [-0.25, -0.2) is 4.79 Å². The Morgan fingerprint density at radius 3 is 2.36 bits per heavy atom. The minimum atomic E-state index is -1.45. The van der Waals surface area contributed by atoms with E-state index in [2.05, 4.69) is 4.74 Å². The maximum absolute atomic E-state index is 11.0. The Bertz CT molecular complexity index is 281. The Kier molecular flexibility index (Phi) is 4.98. The van der Waals surface area contributed by atoms with Crippen LogP contribution in [0.4, 0.5) is 0 Å². The summed E-state index contributed by atoms with van der Waals surface area (Å²) in [7, 11) is 0. The molecule has 0 aliphatic carbocycles. The Morgan fingerprint density at radius 2 is 2.00 bits per heavy atom. The molecular formula is C8H11NO5. The van der Waals surface area contributed by atoms with Crippen LogP contribution in [0.3, 0.4) is 0 Å². The van der Waals surface area contributed by atoms with E-state index < -0.39 is 23.4 Å². The molecule has 0 aromatic carbocycles. The van der Waals surface area contributed by atoms with E-state index in [1.807, 2.05) is 5.32 Å². The first-order valence-corrected chi connectivity index (χ1v) is 3.86. The number of hydrogen-bond donors (Lipinski definition) is 2. The number of hydrogen-bond acceptors (Lipinski definition) is 4. The lowest BCUT2D eigenvalue weighted by atomic mass is 10.3. The van der Waals surface area contributed by atoms with E-state index >= 15 is 0 Å². The monoisotopic (exact) mass is 201 g/mol. The normalized spacial score (nSPS) is 10.6. The van der Waals surface area contributed by atoms with Gasteiger partial charge in [0.2, 0.25) is 5.91 Å². The van der Waals surface area contributed by atoms with Gasteiger partial charge in [0.25, 0.3) is 5.91 Å². The minimum Gasteiger partial charge on any atom is -0.500 e. The van der Waals surface area contributed by atoms with Crippen molar-refractivity contribution in [2.24, 2.45) is 0 Å². The third-order valence-corrected chi connectivity index (χ3v) is 1.13. The summed E-state index contributed by atoms with van der Waals surface area (Å²) in [6, 6.07) is 0. The molecule has 0 aromatic heterocycles. The van der Waals surface area contributed by atoms with Crippen LogP contribution in [0.25, 0.3) is 0 Å². The van der Waals surface area contributed by atoms with Crippen LogP contribution in [0.1, 0.15) is 13.8 Å². The van der Waals surface area contributed by atoms with Crippen LogP contribution in [-0.2, 0) is 19.1 Å². The third-order valence-electron chi connectivity index (χ3n) is 1.13. The predicted molar refractivity (Wildman–Crippen MR) is 46.2 cm³/mol. The summed E-state index contributed by atoms with van der Waals surface area (Å²) in [6.07, 6.45) is 0.806. The highest BCUT2D eigenvalue weighted by molar-refractivity contribution is 6.18. The average Bonchev–Trinajstić information content (AvgIpc) is 2.02. The van der Waals surface area contributed by atoms with Gasteiger partial charge in [0.05, 0.1) is 6.61 Å². The van der Waals surface area contributed by atoms with E-state index in [1.165, 1.54) is 0 Å². The van der Waals surface area contributed by atoms with Crippen LogP contribution in [0.15, 0.2) is 11.8 Å². The van der Waals surface area contributed by atoms with Crippen molar-refractivity contribution < 1.29 is 24.2 Å². The van der Waals surface area contributed by atoms with Gasteiger partial charge in [0.1, 0.15) is 6.26 Å². The molecular weight excluding hydrogens is 190 g/mol. The summed E-state index contributed by atoms with van der Waals surface area (Å²) in [6.45, 7) is 2.99. The van der Waals surface area contributed by atoms with Crippen LogP contribution < -0.4 is 5.32 Å². The van der Waals surface area contributed by atoms with Crippen LogP contribution >= 0.6 is 0 Å². The highest BCUT2D eigenvalue weighted by Crippen LogP contribution is 1.95. The Morgan fingerprint density at radius 1 is 1.43 bits per heavy atom. The van der Waals surface area contributed by atoms with E-state index in [9.17, 15) is 14.4 Å². The lowest BCUT2D eigenvalue weighted by Gasteiger charge is -2.01. The zero-order valence-electron chi connectivity index (χ0n) is 7.86. The van der Waals surface area contributed by atoms with Crippen LogP contribution in [-0.4, -0.2) is 29.5 Å². The van der Waals surface area contributed by atoms with E-state index in [0.717, 1.165) is 13.2 Å². The van der Waals surface area contributed by atoms with Gasteiger partial charge in [0.15, 0.2) is 5.57 Å². The zero-order chi connectivity index (χ0) is 11.1. The van der Waals surface area contributed by atoms with Crippen molar-refractivity contribution in [3.05, 3.63) is 11.8 Å². The minimum absolute atomic E-state index is 0.240. The maximum atomic E-state index is 11.0. The molecule has 78 valence electrons. The summed E-state index contributed by atoms with van der Waals surface area (Å²) < 4.78 is 4.64. The SMILES string of the molecule is CCO/C=C(\C(=O)O)C(=O)NC(C)=O. The van der Waals surface area contributed by atoms with E-state index in [4.69, 9.17) is 5.11 Å². The van der Waals surface area contributed by atoms with Crippen molar-refractivity contribution in [2.75, 3.05) is 6.61 Å². The van der Waals surface area contributed by atoms with Gasteiger partial charge >= 0.3 is 5.97 Å². The Labute approximate surface area is 80.5 Å². The number of imide groups is 1. The molecule has 0 bridgehead atoms. The van der Waals surface area contributed by atoms with Crippen molar-refractivity contribution >= 4 is 17.8 Å². The molecule has 0 heterocycles. The molecule has 0 aromatic rings. The lowest BCUT2D eigenvalue weighted by Crippen LogP contribution is -2.32. The fraction of sp³-hybridized carbons (Fsp3) is 0.375. The highest BCUT2D eigenvalue weighted by atomic mass is 16.5. The molecule has 0 fully saturated rings. The first-order valence-electron chi connectivity index (χ1n) is 3.86. The standard InChI is InChI=1S/C8H11NO5/c1-3-14-4-6(8(12)13)7(11)9-5(2)10/h4H,3H2,1-2H3,(H,12,13)(H,9,10,11)/b6-4-. The van der Waals surface area contributed by atoms with E-state index in [0.29, 0.717) is 0 Å². The number of ether oxygens (including phenoxy) is 1. The molecule has 14 heavy (non-hydrogen) atoms. The summed E-state index contributed by atoms with van der Waals surface area (Å²) in [5, 5.41) is 10.4. The molecule has 0 unspecified atom stereocenters. The van der Waals surface area contributed by atoms with E-state index in [-0.39, 0.29) is 6.61 Å². The van der Waals surface area contributed by atoms with Gasteiger partial charge in [-0.15, -0.1) is 0 Å². The lowest BCUT2D eigenvalue weighted by molar-refractivity contribution is -0.135. The number of carboxylic acid groups (broad SMARTS) is 1. The fourth-order valence-electron chi connectivity index (χ4n) is 0.595. The van der Waals surface area contributed by atoms with Crippen molar-refractivity contribution in [1.29, 1.82) is 0 Å². The predicted octanol–water partition coefficient (Wildman–Crippen LogP) is -0.346. The molecule has 0 radical (unpaired) electrons. The second-order valence-electron chi connectivity index (χ2n) is 2.30. The number of carbonyl (C=O) groups excluding carboxylic acids is 2. The van der Waals surface area contributed by atoms with Gasteiger partial charge < -0.3 is 9.84 Å². The van der Waals surface area contributed by atoms with Crippen molar-refractivity contribution in [1.82, 2.24) is 5.32 Å². The van der Waals surface area contributed by atoms with Gasteiger partial charge in [-0.05, 0) is 6.92 Å². The Balaban J connectivity index is 4.58. The number of amides is 2. The molecule has 0 saturated heterocycles. The molecule has 2 amide bonds. The van der Waals surface area contributed by atoms with Gasteiger partial charge in [-0.3, -0.25) is 14.9 Å². The summed E-state index contributed by atoms with van der Waals surface area (Å²) in [5.41, 5.74) is -0.609. The summed E-state index contributed by atoms with van der Waals surface area (Å²) in [5.74, 6) is -3.06. The van der Waals surface area contributed by atoms with Crippen molar-refractivity contribution in [3.63, 3.8) is 0 Å². The topological polar surface area (TPSA) is 92.7 Å². The molecule has 0 saturated carbocycles. The first-order chi connectivity index (χ1) is 6.49. The van der Waals surface area contributed by atoms with Crippen LogP contribution in [0, 0.1) is 0 Å². The smallest absolute Gasteiger partial charge is 0.344 e. The van der Waals surface area contributed by atoms with Crippen LogP contribution in [0.2, 0.25) is 0 Å². The fourth-order valence-corrected chi connectivity index (χ4v) is 0.595. The third kappa shape index (κ3) is 4.24. The Hall–Kier alpha value is -1.85.